The molecule has 68 valence electrons. The van der Waals surface area contributed by atoms with Gasteiger partial charge < -0.3 is 5.11 Å². The van der Waals surface area contributed by atoms with E-state index in [1.807, 2.05) is 0 Å². The van der Waals surface area contributed by atoms with Crippen LogP contribution in [0.25, 0.3) is 10.9 Å². The molecular weight excluding hydrogens is 171 g/mol. The van der Waals surface area contributed by atoms with Gasteiger partial charge in [-0.2, -0.15) is 5.10 Å². The van der Waals surface area contributed by atoms with E-state index in [4.69, 9.17) is 0 Å². The third kappa shape index (κ3) is 1.29. The first-order valence-electron chi connectivity index (χ1n) is 3.99. The van der Waals surface area contributed by atoms with E-state index in [1.54, 1.807) is 13.0 Å². The molecule has 3 nitrogen and oxygen atoms in total. The van der Waals surface area contributed by atoms with Crippen LogP contribution in [0.2, 0.25) is 0 Å². The van der Waals surface area contributed by atoms with Gasteiger partial charge in [0.05, 0.1) is 23.2 Å². The fraction of sp³-hybridized carbons (Fsp3) is 0.222. The molecule has 0 bridgehead atoms. The lowest BCUT2D eigenvalue weighted by Crippen LogP contribution is -1.92. The predicted molar refractivity (Wildman–Crippen MR) is 46.7 cm³/mol. The van der Waals surface area contributed by atoms with Crippen LogP contribution in [0.5, 0.6) is 0 Å². The first-order chi connectivity index (χ1) is 6.18. The molecule has 0 saturated carbocycles. The first kappa shape index (κ1) is 8.19. The van der Waals surface area contributed by atoms with Crippen molar-refractivity contribution in [2.45, 2.75) is 13.0 Å². The molecule has 13 heavy (non-hydrogen) atoms. The van der Waals surface area contributed by atoms with Crippen LogP contribution in [0, 0.1) is 5.82 Å². The van der Waals surface area contributed by atoms with Gasteiger partial charge in [-0.25, -0.2) is 4.39 Å². The molecule has 1 aromatic heterocycles. The highest BCUT2D eigenvalue weighted by molar-refractivity contribution is 5.79. The van der Waals surface area contributed by atoms with Gasteiger partial charge in [-0.05, 0) is 24.6 Å². The van der Waals surface area contributed by atoms with Crippen molar-refractivity contribution in [2.24, 2.45) is 0 Å². The van der Waals surface area contributed by atoms with Gasteiger partial charge in [-0.3, -0.25) is 5.10 Å². The average molecular weight is 180 g/mol. The summed E-state index contributed by atoms with van der Waals surface area (Å²) in [5.74, 6) is -0.359. The molecular formula is C9H9FN2O. The Kier molecular flexibility index (Phi) is 1.77. The fourth-order valence-corrected chi connectivity index (χ4v) is 1.27. The average Bonchev–Trinajstić information content (AvgIpc) is 2.51. The minimum absolute atomic E-state index is 0.359. The van der Waals surface area contributed by atoms with Gasteiger partial charge in [-0.15, -0.1) is 0 Å². The van der Waals surface area contributed by atoms with E-state index in [0.717, 1.165) is 0 Å². The molecule has 0 radical (unpaired) electrons. The number of aromatic nitrogens is 2. The molecule has 0 aliphatic carbocycles. The number of nitrogens with one attached hydrogen (secondary N) is 1. The van der Waals surface area contributed by atoms with Gasteiger partial charge in [0.25, 0.3) is 0 Å². The standard InChI is InChI=1S/C9H9FN2O/c1-5(13)6-2-8(10)7-4-11-12-9(7)3-6/h2-5,13H,1H3,(H,11,12). The van der Waals surface area contributed by atoms with E-state index in [0.29, 0.717) is 16.5 Å². The van der Waals surface area contributed by atoms with Crippen molar-refractivity contribution in [3.05, 3.63) is 29.7 Å². The first-order valence-corrected chi connectivity index (χ1v) is 3.99. The molecule has 2 rings (SSSR count). The largest absolute Gasteiger partial charge is 0.389 e. The number of H-pyrrole nitrogens is 1. The minimum Gasteiger partial charge on any atom is -0.389 e. The zero-order valence-electron chi connectivity index (χ0n) is 7.08. The number of aromatic amines is 1. The SMILES string of the molecule is CC(O)c1cc(F)c2cn[nH]c2c1. The number of halogens is 1. The Morgan fingerprint density at radius 2 is 2.31 bits per heavy atom. The second-order valence-electron chi connectivity index (χ2n) is 3.01. The molecule has 1 aromatic carbocycles. The van der Waals surface area contributed by atoms with Gasteiger partial charge in [0.1, 0.15) is 5.82 Å². The van der Waals surface area contributed by atoms with Crippen molar-refractivity contribution in [3.8, 4) is 0 Å². The highest BCUT2D eigenvalue weighted by Gasteiger charge is 2.08. The summed E-state index contributed by atoms with van der Waals surface area (Å²) in [4.78, 5) is 0. The maximum Gasteiger partial charge on any atom is 0.134 e. The molecule has 1 atom stereocenters. The van der Waals surface area contributed by atoms with Crippen LogP contribution in [-0.4, -0.2) is 15.3 Å². The zero-order chi connectivity index (χ0) is 9.42. The fourth-order valence-electron chi connectivity index (χ4n) is 1.27. The lowest BCUT2D eigenvalue weighted by atomic mass is 10.1. The van der Waals surface area contributed by atoms with E-state index >= 15 is 0 Å². The van der Waals surface area contributed by atoms with Crippen molar-refractivity contribution in [3.63, 3.8) is 0 Å². The van der Waals surface area contributed by atoms with Crippen molar-refractivity contribution in [1.82, 2.24) is 10.2 Å². The summed E-state index contributed by atoms with van der Waals surface area (Å²) >= 11 is 0. The molecule has 4 heteroatoms. The lowest BCUT2D eigenvalue weighted by molar-refractivity contribution is 0.199. The summed E-state index contributed by atoms with van der Waals surface area (Å²) in [5, 5.41) is 16.1. The number of aliphatic hydroxyl groups excluding tert-OH is 1. The number of hydrogen-bond donors (Lipinski definition) is 2. The summed E-state index contributed by atoms with van der Waals surface area (Å²) < 4.78 is 13.3. The highest BCUT2D eigenvalue weighted by Crippen LogP contribution is 2.21. The summed E-state index contributed by atoms with van der Waals surface area (Å²) in [6.45, 7) is 1.59. The highest BCUT2D eigenvalue weighted by atomic mass is 19.1. The second-order valence-corrected chi connectivity index (χ2v) is 3.01. The van der Waals surface area contributed by atoms with Gasteiger partial charge >= 0.3 is 0 Å². The maximum absolute atomic E-state index is 13.3. The Bertz CT molecular complexity index is 436. The van der Waals surface area contributed by atoms with Gasteiger partial charge in [0.15, 0.2) is 0 Å². The third-order valence-corrected chi connectivity index (χ3v) is 2.01. The molecule has 2 aromatic rings. The van der Waals surface area contributed by atoms with Crippen molar-refractivity contribution in [2.75, 3.05) is 0 Å². The number of hydrogen-bond acceptors (Lipinski definition) is 2. The van der Waals surface area contributed by atoms with E-state index < -0.39 is 6.10 Å². The monoisotopic (exact) mass is 180 g/mol. The summed E-state index contributed by atoms with van der Waals surface area (Å²) in [6.07, 6.45) is 0.762. The molecule has 0 spiro atoms. The summed E-state index contributed by atoms with van der Waals surface area (Å²) in [5.41, 5.74) is 1.16. The predicted octanol–water partition coefficient (Wildman–Crippen LogP) is 1.76. The van der Waals surface area contributed by atoms with Crippen LogP contribution in [0.3, 0.4) is 0 Å². The topological polar surface area (TPSA) is 48.9 Å². The van der Waals surface area contributed by atoms with Crippen LogP contribution in [0.4, 0.5) is 4.39 Å². The van der Waals surface area contributed by atoms with E-state index in [9.17, 15) is 9.50 Å². The van der Waals surface area contributed by atoms with Crippen LogP contribution < -0.4 is 0 Å². The Morgan fingerprint density at radius 1 is 1.54 bits per heavy atom. The molecule has 1 heterocycles. The number of benzene rings is 1. The summed E-state index contributed by atoms with van der Waals surface area (Å²) in [6, 6.07) is 3.01. The Morgan fingerprint density at radius 3 is 3.00 bits per heavy atom. The normalized spacial score (nSPS) is 13.5. The molecule has 0 aliphatic rings. The smallest absolute Gasteiger partial charge is 0.134 e. The van der Waals surface area contributed by atoms with Crippen LogP contribution in [-0.2, 0) is 0 Å². The Hall–Kier alpha value is -1.42. The Balaban J connectivity index is 2.70. The maximum atomic E-state index is 13.3. The van der Waals surface area contributed by atoms with Gasteiger partial charge in [0.2, 0.25) is 0 Å². The van der Waals surface area contributed by atoms with Crippen molar-refractivity contribution >= 4 is 10.9 Å². The molecule has 2 N–H and O–H groups in total. The second kappa shape index (κ2) is 2.81. The lowest BCUT2D eigenvalue weighted by Gasteiger charge is -2.04. The van der Waals surface area contributed by atoms with Gasteiger partial charge in [-0.1, -0.05) is 0 Å². The van der Waals surface area contributed by atoms with Gasteiger partial charge in [0, 0.05) is 0 Å². The van der Waals surface area contributed by atoms with Crippen LogP contribution in [0.15, 0.2) is 18.3 Å². The molecule has 0 aliphatic heterocycles. The number of nitrogens with zero attached hydrogens (tertiary/aromatic N) is 1. The van der Waals surface area contributed by atoms with Crippen LogP contribution in [0.1, 0.15) is 18.6 Å². The van der Waals surface area contributed by atoms with Crippen LogP contribution >= 0.6 is 0 Å². The van der Waals surface area contributed by atoms with E-state index in [-0.39, 0.29) is 5.82 Å². The number of rotatable bonds is 1. The molecule has 1 unspecified atom stereocenters. The number of fused-ring (bicyclic) bond motifs is 1. The van der Waals surface area contributed by atoms with Crippen molar-refractivity contribution in [1.29, 1.82) is 0 Å². The quantitative estimate of drug-likeness (QED) is 0.702. The van der Waals surface area contributed by atoms with E-state index in [1.165, 1.54) is 12.3 Å². The third-order valence-electron chi connectivity index (χ3n) is 2.01. The zero-order valence-corrected chi connectivity index (χ0v) is 7.08. The van der Waals surface area contributed by atoms with Crippen molar-refractivity contribution < 1.29 is 9.50 Å². The minimum atomic E-state index is -0.665. The number of aliphatic hydroxyl groups is 1. The summed E-state index contributed by atoms with van der Waals surface area (Å²) in [7, 11) is 0. The Labute approximate surface area is 74.2 Å². The van der Waals surface area contributed by atoms with E-state index in [2.05, 4.69) is 10.2 Å². The molecule has 0 fully saturated rings. The molecule has 0 saturated heterocycles. The molecule has 0 amide bonds.